The number of alkyl halides is 3. The van der Waals surface area contributed by atoms with Gasteiger partial charge in [-0.05, 0) is 36.8 Å². The molecular formula is C14H11F3N2O4S. The van der Waals surface area contributed by atoms with Gasteiger partial charge in [0.25, 0.3) is 15.7 Å². The summed E-state index contributed by atoms with van der Waals surface area (Å²) in [5.41, 5.74) is -1.02. The molecule has 0 aromatic heterocycles. The van der Waals surface area contributed by atoms with Crippen LogP contribution in [0.2, 0.25) is 0 Å². The monoisotopic (exact) mass is 360 g/mol. The fourth-order valence-corrected chi connectivity index (χ4v) is 3.10. The van der Waals surface area contributed by atoms with Crippen LogP contribution >= 0.6 is 0 Å². The summed E-state index contributed by atoms with van der Waals surface area (Å²) in [5.74, 6) is 0. The molecule has 6 nitrogen and oxygen atoms in total. The summed E-state index contributed by atoms with van der Waals surface area (Å²) in [5, 5.41) is 10.7. The number of rotatable bonds is 4. The largest absolute Gasteiger partial charge is 0.416 e. The minimum absolute atomic E-state index is 0.0398. The average molecular weight is 360 g/mol. The second-order valence-electron chi connectivity index (χ2n) is 4.89. The number of hydrogen-bond acceptors (Lipinski definition) is 4. The smallest absolute Gasteiger partial charge is 0.279 e. The number of non-ortho nitro benzene ring substituents is 1. The second-order valence-corrected chi connectivity index (χ2v) is 6.57. The second kappa shape index (κ2) is 6.11. The van der Waals surface area contributed by atoms with E-state index in [1.165, 1.54) is 13.0 Å². The Kier molecular flexibility index (Phi) is 4.52. The average Bonchev–Trinajstić information content (AvgIpc) is 2.48. The highest BCUT2D eigenvalue weighted by Crippen LogP contribution is 2.31. The normalized spacial score (nSPS) is 12.0. The third-order valence-electron chi connectivity index (χ3n) is 3.14. The lowest BCUT2D eigenvalue weighted by atomic mass is 10.2. The van der Waals surface area contributed by atoms with Gasteiger partial charge in [0.2, 0.25) is 0 Å². The van der Waals surface area contributed by atoms with Crippen molar-refractivity contribution in [3.8, 4) is 0 Å². The Balaban J connectivity index is 2.37. The lowest BCUT2D eigenvalue weighted by molar-refractivity contribution is -0.384. The number of nitro groups is 1. The highest BCUT2D eigenvalue weighted by molar-refractivity contribution is 7.92. The van der Waals surface area contributed by atoms with E-state index in [0.717, 1.165) is 30.3 Å². The molecule has 1 N–H and O–H groups in total. The van der Waals surface area contributed by atoms with Gasteiger partial charge < -0.3 is 0 Å². The van der Waals surface area contributed by atoms with Crippen LogP contribution in [0, 0.1) is 17.0 Å². The molecule has 0 unspecified atom stereocenters. The first-order valence-electron chi connectivity index (χ1n) is 6.46. The van der Waals surface area contributed by atoms with Crippen molar-refractivity contribution in [3.05, 3.63) is 63.7 Å². The van der Waals surface area contributed by atoms with Crippen molar-refractivity contribution < 1.29 is 26.5 Å². The Hall–Kier alpha value is -2.62. The molecule has 0 fully saturated rings. The van der Waals surface area contributed by atoms with Gasteiger partial charge in [-0.1, -0.05) is 6.07 Å². The summed E-state index contributed by atoms with van der Waals surface area (Å²) in [7, 11) is -4.27. The summed E-state index contributed by atoms with van der Waals surface area (Å²) in [6.45, 7) is 1.44. The molecule has 2 rings (SSSR count). The fourth-order valence-electron chi connectivity index (χ4n) is 1.92. The molecule has 0 aliphatic rings. The van der Waals surface area contributed by atoms with Crippen molar-refractivity contribution in [2.45, 2.75) is 18.0 Å². The molecule has 2 aromatic carbocycles. The topological polar surface area (TPSA) is 89.3 Å². The molecule has 128 valence electrons. The van der Waals surface area contributed by atoms with Crippen LogP contribution in [0.3, 0.4) is 0 Å². The van der Waals surface area contributed by atoms with E-state index in [4.69, 9.17) is 0 Å². The van der Waals surface area contributed by atoms with E-state index < -0.39 is 31.6 Å². The molecular weight excluding hydrogens is 349 g/mol. The van der Waals surface area contributed by atoms with Crippen LogP contribution in [0.25, 0.3) is 0 Å². The standard InChI is InChI=1S/C14H11F3N2O4S/c1-9-7-11(19(20)21)5-6-13(9)18-24(22,23)12-4-2-3-10(8-12)14(15,16)17/h2-8,18H,1H3. The van der Waals surface area contributed by atoms with Gasteiger partial charge in [-0.15, -0.1) is 0 Å². The highest BCUT2D eigenvalue weighted by atomic mass is 32.2. The Morgan fingerprint density at radius 3 is 2.33 bits per heavy atom. The van der Waals surface area contributed by atoms with E-state index in [2.05, 4.69) is 4.72 Å². The van der Waals surface area contributed by atoms with Crippen LogP contribution in [0.15, 0.2) is 47.4 Å². The van der Waals surface area contributed by atoms with Crippen LogP contribution in [0.1, 0.15) is 11.1 Å². The number of aryl methyl sites for hydroxylation is 1. The highest BCUT2D eigenvalue weighted by Gasteiger charge is 2.31. The molecule has 0 bridgehead atoms. The van der Waals surface area contributed by atoms with Crippen LogP contribution in [0.5, 0.6) is 0 Å². The SMILES string of the molecule is Cc1cc([N+](=O)[O-])ccc1NS(=O)(=O)c1cccc(C(F)(F)F)c1. The van der Waals surface area contributed by atoms with Gasteiger partial charge in [0.15, 0.2) is 0 Å². The Labute approximate surface area is 135 Å². The lowest BCUT2D eigenvalue weighted by Gasteiger charge is -2.12. The molecule has 0 saturated carbocycles. The number of benzene rings is 2. The maximum atomic E-state index is 12.7. The third-order valence-corrected chi connectivity index (χ3v) is 4.50. The minimum Gasteiger partial charge on any atom is -0.279 e. The minimum atomic E-state index is -4.67. The Morgan fingerprint density at radius 1 is 1.12 bits per heavy atom. The fraction of sp³-hybridized carbons (Fsp3) is 0.143. The van der Waals surface area contributed by atoms with Crippen molar-refractivity contribution in [3.63, 3.8) is 0 Å². The molecule has 2 aromatic rings. The van der Waals surface area contributed by atoms with Gasteiger partial charge >= 0.3 is 6.18 Å². The first-order valence-corrected chi connectivity index (χ1v) is 7.94. The zero-order valence-electron chi connectivity index (χ0n) is 12.2. The molecule has 10 heteroatoms. The molecule has 0 radical (unpaired) electrons. The Bertz CT molecular complexity index is 895. The molecule has 0 spiro atoms. The first kappa shape index (κ1) is 17.7. The first-order chi connectivity index (χ1) is 11.0. The van der Waals surface area contributed by atoms with E-state index in [-0.39, 0.29) is 16.9 Å². The van der Waals surface area contributed by atoms with Gasteiger partial charge in [-0.3, -0.25) is 14.8 Å². The van der Waals surface area contributed by atoms with Gasteiger partial charge in [-0.25, -0.2) is 8.42 Å². The summed E-state index contributed by atoms with van der Waals surface area (Å²) in [4.78, 5) is 9.46. The van der Waals surface area contributed by atoms with Gasteiger partial charge in [-0.2, -0.15) is 13.2 Å². The van der Waals surface area contributed by atoms with Crippen molar-refractivity contribution >= 4 is 21.4 Å². The van der Waals surface area contributed by atoms with Gasteiger partial charge in [0, 0.05) is 12.1 Å². The maximum Gasteiger partial charge on any atom is 0.416 e. The van der Waals surface area contributed by atoms with Crippen LogP contribution in [-0.4, -0.2) is 13.3 Å². The number of halogens is 3. The van der Waals surface area contributed by atoms with E-state index in [1.54, 1.807) is 0 Å². The summed E-state index contributed by atoms with van der Waals surface area (Å²) >= 11 is 0. The van der Waals surface area contributed by atoms with Crippen LogP contribution in [0.4, 0.5) is 24.5 Å². The quantitative estimate of drug-likeness (QED) is 0.665. The number of anilines is 1. The van der Waals surface area contributed by atoms with Crippen LogP contribution < -0.4 is 4.72 Å². The molecule has 0 aliphatic heterocycles. The molecule has 24 heavy (non-hydrogen) atoms. The van der Waals surface area contributed by atoms with Gasteiger partial charge in [0.05, 0.1) is 21.1 Å². The zero-order chi connectivity index (χ0) is 18.1. The lowest BCUT2D eigenvalue weighted by Crippen LogP contribution is -2.15. The van der Waals surface area contributed by atoms with Gasteiger partial charge in [0.1, 0.15) is 0 Å². The number of nitrogens with zero attached hydrogens (tertiary/aromatic N) is 1. The molecule has 0 heterocycles. The number of nitrogens with one attached hydrogen (secondary N) is 1. The summed E-state index contributed by atoms with van der Waals surface area (Å²) in [6.07, 6.45) is -4.67. The zero-order valence-corrected chi connectivity index (χ0v) is 13.0. The van der Waals surface area contributed by atoms with Crippen molar-refractivity contribution in [2.75, 3.05) is 4.72 Å². The third kappa shape index (κ3) is 3.82. The van der Waals surface area contributed by atoms with E-state index in [1.807, 2.05) is 0 Å². The Morgan fingerprint density at radius 2 is 1.79 bits per heavy atom. The predicted molar refractivity (Wildman–Crippen MR) is 80.1 cm³/mol. The van der Waals surface area contributed by atoms with Crippen molar-refractivity contribution in [1.29, 1.82) is 0 Å². The van der Waals surface area contributed by atoms with E-state index >= 15 is 0 Å². The molecule has 0 amide bonds. The number of sulfonamides is 1. The van der Waals surface area contributed by atoms with Crippen molar-refractivity contribution in [1.82, 2.24) is 0 Å². The number of hydrogen-bond donors (Lipinski definition) is 1. The van der Waals surface area contributed by atoms with Crippen LogP contribution in [-0.2, 0) is 16.2 Å². The number of nitro benzene ring substituents is 1. The predicted octanol–water partition coefficient (Wildman–Crippen LogP) is 3.72. The van der Waals surface area contributed by atoms with Crippen molar-refractivity contribution in [2.24, 2.45) is 0 Å². The molecule has 0 atom stereocenters. The summed E-state index contributed by atoms with van der Waals surface area (Å²) in [6, 6.07) is 6.72. The maximum absolute atomic E-state index is 12.7. The van der Waals surface area contributed by atoms with E-state index in [9.17, 15) is 31.7 Å². The summed E-state index contributed by atoms with van der Waals surface area (Å²) < 4.78 is 64.7. The molecule has 0 saturated heterocycles. The van der Waals surface area contributed by atoms with E-state index in [0.29, 0.717) is 6.07 Å². The molecule has 0 aliphatic carbocycles.